The molecule has 88 valence electrons. The van der Waals surface area contributed by atoms with E-state index in [0.29, 0.717) is 0 Å². The third-order valence-electron chi connectivity index (χ3n) is 2.43. The molecular formula is C14H15NOS. The zero-order valence-electron chi connectivity index (χ0n) is 9.94. The molecule has 3 heteroatoms. The van der Waals surface area contributed by atoms with Crippen LogP contribution in [0.2, 0.25) is 0 Å². The fraction of sp³-hybridized carbons (Fsp3) is 0.143. The number of methoxy groups -OCH3 is 1. The lowest BCUT2D eigenvalue weighted by molar-refractivity contribution is 0.415. The molecule has 0 spiro atoms. The molecule has 0 atom stereocenters. The quantitative estimate of drug-likeness (QED) is 0.837. The summed E-state index contributed by atoms with van der Waals surface area (Å²) in [6.45, 7) is 2.08. The van der Waals surface area contributed by atoms with E-state index in [1.54, 1.807) is 18.9 Å². The number of rotatable bonds is 3. The molecular weight excluding hydrogens is 230 g/mol. The van der Waals surface area contributed by atoms with Gasteiger partial charge in [0.15, 0.2) is 0 Å². The van der Waals surface area contributed by atoms with E-state index in [0.717, 1.165) is 16.3 Å². The van der Waals surface area contributed by atoms with Gasteiger partial charge < -0.3 is 10.5 Å². The maximum atomic E-state index is 5.98. The number of anilines is 1. The smallest absolute Gasteiger partial charge is 0.120 e. The van der Waals surface area contributed by atoms with Gasteiger partial charge in [-0.05, 0) is 31.2 Å². The average molecular weight is 245 g/mol. The molecule has 0 aliphatic carbocycles. The van der Waals surface area contributed by atoms with E-state index in [1.807, 2.05) is 18.2 Å². The molecule has 0 aliphatic rings. The molecule has 2 aromatic rings. The Hall–Kier alpha value is -1.61. The Morgan fingerprint density at radius 1 is 1.12 bits per heavy atom. The topological polar surface area (TPSA) is 35.2 Å². The van der Waals surface area contributed by atoms with Crippen molar-refractivity contribution >= 4 is 17.4 Å². The Labute approximate surface area is 106 Å². The van der Waals surface area contributed by atoms with Gasteiger partial charge in [-0.1, -0.05) is 29.5 Å². The molecule has 0 saturated carbocycles. The number of hydrogen-bond donors (Lipinski definition) is 1. The molecule has 0 aliphatic heterocycles. The molecule has 2 N–H and O–H groups in total. The van der Waals surface area contributed by atoms with Crippen LogP contribution >= 0.6 is 11.8 Å². The largest absolute Gasteiger partial charge is 0.497 e. The minimum absolute atomic E-state index is 0.746. The summed E-state index contributed by atoms with van der Waals surface area (Å²) < 4.78 is 5.13. The van der Waals surface area contributed by atoms with Crippen molar-refractivity contribution in [3.05, 3.63) is 48.0 Å². The van der Waals surface area contributed by atoms with Crippen LogP contribution < -0.4 is 10.5 Å². The van der Waals surface area contributed by atoms with Gasteiger partial charge in [-0.25, -0.2) is 0 Å². The molecule has 0 radical (unpaired) electrons. The number of ether oxygens (including phenoxy) is 1. The van der Waals surface area contributed by atoms with Crippen molar-refractivity contribution in [1.29, 1.82) is 0 Å². The van der Waals surface area contributed by atoms with Crippen molar-refractivity contribution in [1.82, 2.24) is 0 Å². The Balaban J connectivity index is 2.24. The Morgan fingerprint density at radius 2 is 1.94 bits per heavy atom. The van der Waals surface area contributed by atoms with E-state index in [-0.39, 0.29) is 0 Å². The lowest BCUT2D eigenvalue weighted by Crippen LogP contribution is -1.90. The van der Waals surface area contributed by atoms with Crippen molar-refractivity contribution in [2.24, 2.45) is 0 Å². The second-order valence-corrected chi connectivity index (χ2v) is 4.94. The SMILES string of the molecule is COc1ccc(Sc2cccc(C)c2)c(N)c1. The van der Waals surface area contributed by atoms with E-state index in [2.05, 4.69) is 31.2 Å². The summed E-state index contributed by atoms with van der Waals surface area (Å²) in [6.07, 6.45) is 0. The molecule has 0 heterocycles. The minimum atomic E-state index is 0.746. The summed E-state index contributed by atoms with van der Waals surface area (Å²) in [6, 6.07) is 14.1. The summed E-state index contributed by atoms with van der Waals surface area (Å²) >= 11 is 1.67. The highest BCUT2D eigenvalue weighted by molar-refractivity contribution is 7.99. The van der Waals surface area contributed by atoms with Crippen LogP contribution in [-0.2, 0) is 0 Å². The van der Waals surface area contributed by atoms with Crippen LogP contribution in [0.15, 0.2) is 52.3 Å². The van der Waals surface area contributed by atoms with Crippen LogP contribution in [0.25, 0.3) is 0 Å². The van der Waals surface area contributed by atoms with Gasteiger partial charge in [-0.3, -0.25) is 0 Å². The molecule has 2 aromatic carbocycles. The van der Waals surface area contributed by atoms with Crippen LogP contribution in [0, 0.1) is 6.92 Å². The van der Waals surface area contributed by atoms with Gasteiger partial charge in [0.05, 0.1) is 7.11 Å². The highest BCUT2D eigenvalue weighted by Gasteiger charge is 2.03. The molecule has 2 rings (SSSR count). The average Bonchev–Trinajstić information content (AvgIpc) is 2.32. The summed E-state index contributed by atoms with van der Waals surface area (Å²) in [5, 5.41) is 0. The summed E-state index contributed by atoms with van der Waals surface area (Å²) in [7, 11) is 1.64. The molecule has 17 heavy (non-hydrogen) atoms. The summed E-state index contributed by atoms with van der Waals surface area (Å²) in [4.78, 5) is 2.25. The number of benzene rings is 2. The van der Waals surface area contributed by atoms with Gasteiger partial charge in [0.25, 0.3) is 0 Å². The van der Waals surface area contributed by atoms with Crippen LogP contribution in [0.4, 0.5) is 5.69 Å². The van der Waals surface area contributed by atoms with Gasteiger partial charge in [0.2, 0.25) is 0 Å². The Bertz CT molecular complexity index is 525. The maximum absolute atomic E-state index is 5.98. The van der Waals surface area contributed by atoms with Crippen molar-refractivity contribution in [3.63, 3.8) is 0 Å². The Morgan fingerprint density at radius 3 is 2.59 bits per heavy atom. The molecule has 0 saturated heterocycles. The van der Waals surface area contributed by atoms with E-state index in [4.69, 9.17) is 10.5 Å². The van der Waals surface area contributed by atoms with E-state index < -0.39 is 0 Å². The first-order valence-corrected chi connectivity index (χ1v) is 6.19. The monoisotopic (exact) mass is 245 g/mol. The van der Waals surface area contributed by atoms with Crippen molar-refractivity contribution in [2.75, 3.05) is 12.8 Å². The number of aryl methyl sites for hydroxylation is 1. The molecule has 0 aromatic heterocycles. The zero-order valence-corrected chi connectivity index (χ0v) is 10.8. The van der Waals surface area contributed by atoms with Crippen LogP contribution in [0.3, 0.4) is 0 Å². The van der Waals surface area contributed by atoms with Gasteiger partial charge in [-0.2, -0.15) is 0 Å². The van der Waals surface area contributed by atoms with Gasteiger partial charge in [0, 0.05) is 21.5 Å². The van der Waals surface area contributed by atoms with E-state index >= 15 is 0 Å². The van der Waals surface area contributed by atoms with E-state index in [9.17, 15) is 0 Å². The Kier molecular flexibility index (Phi) is 3.59. The van der Waals surface area contributed by atoms with Crippen LogP contribution in [0.5, 0.6) is 5.75 Å². The normalized spacial score (nSPS) is 10.2. The van der Waals surface area contributed by atoms with E-state index in [1.165, 1.54) is 10.5 Å². The van der Waals surface area contributed by atoms with Crippen molar-refractivity contribution in [3.8, 4) is 5.75 Å². The minimum Gasteiger partial charge on any atom is -0.497 e. The standard InChI is InChI=1S/C14H15NOS/c1-10-4-3-5-12(8-10)17-14-7-6-11(16-2)9-13(14)15/h3-9H,15H2,1-2H3. The predicted octanol–water partition coefficient (Wildman–Crippen LogP) is 3.74. The molecule has 2 nitrogen and oxygen atoms in total. The lowest BCUT2D eigenvalue weighted by Gasteiger charge is -2.07. The van der Waals surface area contributed by atoms with Gasteiger partial charge >= 0.3 is 0 Å². The number of nitrogen functional groups attached to an aromatic ring is 1. The summed E-state index contributed by atoms with van der Waals surface area (Å²) in [5.41, 5.74) is 7.98. The first kappa shape index (κ1) is 11.9. The lowest BCUT2D eigenvalue weighted by atomic mass is 10.2. The summed E-state index contributed by atoms with van der Waals surface area (Å²) in [5.74, 6) is 0.788. The highest BCUT2D eigenvalue weighted by atomic mass is 32.2. The predicted molar refractivity (Wildman–Crippen MR) is 72.7 cm³/mol. The van der Waals surface area contributed by atoms with Crippen molar-refractivity contribution < 1.29 is 4.74 Å². The number of hydrogen-bond acceptors (Lipinski definition) is 3. The first-order chi connectivity index (χ1) is 8.19. The fourth-order valence-corrected chi connectivity index (χ4v) is 2.51. The fourth-order valence-electron chi connectivity index (χ4n) is 1.55. The molecule has 0 unspecified atom stereocenters. The second kappa shape index (κ2) is 5.15. The molecule has 0 fully saturated rings. The van der Waals surface area contributed by atoms with Gasteiger partial charge in [0.1, 0.15) is 5.75 Å². The van der Waals surface area contributed by atoms with Crippen molar-refractivity contribution in [2.45, 2.75) is 16.7 Å². The number of nitrogens with two attached hydrogens (primary N) is 1. The molecule has 0 amide bonds. The van der Waals surface area contributed by atoms with Gasteiger partial charge in [-0.15, -0.1) is 0 Å². The second-order valence-electron chi connectivity index (χ2n) is 3.82. The third-order valence-corrected chi connectivity index (χ3v) is 3.52. The first-order valence-electron chi connectivity index (χ1n) is 5.37. The third kappa shape index (κ3) is 2.94. The maximum Gasteiger partial charge on any atom is 0.120 e. The zero-order chi connectivity index (χ0) is 12.3. The highest BCUT2D eigenvalue weighted by Crippen LogP contribution is 2.34. The van der Waals surface area contributed by atoms with Crippen LogP contribution in [-0.4, -0.2) is 7.11 Å². The molecule has 0 bridgehead atoms. The van der Waals surface area contributed by atoms with Crippen LogP contribution in [0.1, 0.15) is 5.56 Å².